The predicted octanol–water partition coefficient (Wildman–Crippen LogP) is 4.82. The summed E-state index contributed by atoms with van der Waals surface area (Å²) in [4.78, 5) is 31.3. The van der Waals surface area contributed by atoms with Crippen LogP contribution in [0.2, 0.25) is 15.1 Å². The number of nitrogens with one attached hydrogen (secondary N) is 1. The van der Waals surface area contributed by atoms with E-state index in [4.69, 9.17) is 44.4 Å². The van der Waals surface area contributed by atoms with Gasteiger partial charge in [0.1, 0.15) is 25.6 Å². The first-order chi connectivity index (χ1) is 13.9. The minimum absolute atomic E-state index is 0.239. The van der Waals surface area contributed by atoms with E-state index in [-0.39, 0.29) is 5.91 Å². The van der Waals surface area contributed by atoms with Gasteiger partial charge in [-0.1, -0.05) is 53.0 Å². The minimum atomic E-state index is -0.239. The maximum Gasteiger partial charge on any atom is 0.271 e. The Labute approximate surface area is 184 Å². The van der Waals surface area contributed by atoms with Crippen molar-refractivity contribution in [2.75, 3.05) is 7.05 Å². The van der Waals surface area contributed by atoms with Gasteiger partial charge in [0.15, 0.2) is 0 Å². The normalized spacial score (nSPS) is 8.86. The second-order valence-corrected chi connectivity index (χ2v) is 6.40. The molecule has 0 aliphatic rings. The van der Waals surface area contributed by atoms with Crippen LogP contribution in [-0.4, -0.2) is 36.1 Å². The van der Waals surface area contributed by atoms with Gasteiger partial charge in [0.05, 0.1) is 0 Å². The molecule has 29 heavy (non-hydrogen) atoms. The summed E-state index contributed by atoms with van der Waals surface area (Å²) in [6.07, 6.45) is 3.15. The summed E-state index contributed by atoms with van der Waals surface area (Å²) < 4.78 is 1.68. The number of hydrogen-bond donors (Lipinski definition) is 1. The smallest absolute Gasteiger partial charge is 0.271 e. The number of carbonyl (C=O) groups excluding carboxylic acids is 3. The number of imidazole rings is 1. The van der Waals surface area contributed by atoms with Crippen LogP contribution < -0.4 is 5.32 Å². The zero-order chi connectivity index (χ0) is 22.4. The number of amides is 1. The Kier molecular flexibility index (Phi) is 13.0. The minimum Gasteiger partial charge on any atom is -0.354 e. The van der Waals surface area contributed by atoms with Crippen molar-refractivity contribution in [2.45, 2.75) is 6.92 Å². The van der Waals surface area contributed by atoms with Crippen LogP contribution in [0.4, 0.5) is 0 Å². The van der Waals surface area contributed by atoms with Crippen molar-refractivity contribution >= 4 is 54.3 Å². The molecule has 0 aliphatic carbocycles. The molecule has 6 nitrogen and oxygen atoms in total. The number of benzene rings is 2. The van der Waals surface area contributed by atoms with Crippen molar-refractivity contribution in [1.82, 2.24) is 14.9 Å². The van der Waals surface area contributed by atoms with E-state index in [1.54, 1.807) is 36.0 Å². The van der Waals surface area contributed by atoms with Gasteiger partial charge >= 0.3 is 0 Å². The van der Waals surface area contributed by atoms with Crippen LogP contribution in [0.1, 0.15) is 16.1 Å². The van der Waals surface area contributed by atoms with Gasteiger partial charge in [-0.2, -0.15) is 0 Å². The molecule has 0 aliphatic heterocycles. The third kappa shape index (κ3) is 8.91. The van der Waals surface area contributed by atoms with E-state index >= 15 is 0 Å². The number of nitrogens with zero attached hydrogens (tertiary/aromatic N) is 2. The number of rotatable bonds is 2. The quantitative estimate of drug-likeness (QED) is 0.599. The Balaban J connectivity index is 0.000000547. The van der Waals surface area contributed by atoms with Crippen molar-refractivity contribution in [3.8, 4) is 5.69 Å². The first-order valence-electron chi connectivity index (χ1n) is 7.92. The van der Waals surface area contributed by atoms with Crippen LogP contribution in [0, 0.1) is 6.92 Å². The molecule has 0 bridgehead atoms. The van der Waals surface area contributed by atoms with E-state index in [2.05, 4.69) is 10.3 Å². The number of aryl methyl sites for hydroxylation is 1. The van der Waals surface area contributed by atoms with Crippen LogP contribution in [0.15, 0.2) is 55.0 Å². The molecule has 0 fully saturated rings. The summed E-state index contributed by atoms with van der Waals surface area (Å²) in [5.41, 5.74) is 2.22. The Bertz CT molecular complexity index is 873. The molecule has 0 radical (unpaired) electrons. The second-order valence-electron chi connectivity index (χ2n) is 5.12. The Morgan fingerprint density at radius 1 is 1.00 bits per heavy atom. The highest BCUT2D eigenvalue weighted by atomic mass is 35.5. The van der Waals surface area contributed by atoms with Crippen molar-refractivity contribution in [2.24, 2.45) is 0 Å². The van der Waals surface area contributed by atoms with Gasteiger partial charge < -0.3 is 19.5 Å². The largest absolute Gasteiger partial charge is 0.354 e. The standard InChI is InChI=1S/C11H9Cl2N3O.C7H7Cl.2CH2O/c1-14-11(17)10-5-16(6-15-10)9-3-7(12)2-8(13)4-9;1-6-4-2-3-5-7(6)8;2*1-2/h2-6H,1H3,(H,14,17);2-5H,1H3;2*1H2. The molecule has 2 aromatic carbocycles. The maximum atomic E-state index is 11.4. The fourth-order valence-electron chi connectivity index (χ4n) is 1.95. The van der Waals surface area contributed by atoms with E-state index in [9.17, 15) is 4.79 Å². The third-order valence-electron chi connectivity index (χ3n) is 3.26. The lowest BCUT2D eigenvalue weighted by atomic mass is 10.2. The number of halogens is 3. The number of carbonyl (C=O) groups is 3. The van der Waals surface area contributed by atoms with Gasteiger partial charge in [0.2, 0.25) is 0 Å². The van der Waals surface area contributed by atoms with E-state index < -0.39 is 0 Å². The molecule has 1 aromatic heterocycles. The number of aromatic nitrogens is 2. The molecule has 1 amide bonds. The molecule has 0 spiro atoms. The van der Waals surface area contributed by atoms with Crippen LogP contribution in [0.5, 0.6) is 0 Å². The van der Waals surface area contributed by atoms with Crippen molar-refractivity contribution in [3.63, 3.8) is 0 Å². The van der Waals surface area contributed by atoms with Crippen molar-refractivity contribution < 1.29 is 14.4 Å². The Hall–Kier alpha value is -2.67. The molecule has 3 rings (SSSR count). The predicted molar refractivity (Wildman–Crippen MR) is 117 cm³/mol. The molecule has 0 saturated carbocycles. The molecule has 9 heteroatoms. The molecule has 1 heterocycles. The van der Waals surface area contributed by atoms with Crippen LogP contribution in [-0.2, 0) is 9.59 Å². The Morgan fingerprint density at radius 3 is 2.00 bits per heavy atom. The summed E-state index contributed by atoms with van der Waals surface area (Å²) in [5.74, 6) is -0.239. The highest BCUT2D eigenvalue weighted by molar-refractivity contribution is 6.34. The summed E-state index contributed by atoms with van der Waals surface area (Å²) in [5, 5.41) is 4.40. The molecule has 1 N–H and O–H groups in total. The van der Waals surface area contributed by atoms with Crippen molar-refractivity contribution in [3.05, 3.63) is 81.3 Å². The molecule has 0 saturated heterocycles. The average Bonchev–Trinajstić information content (AvgIpc) is 3.23. The zero-order valence-electron chi connectivity index (χ0n) is 15.9. The number of hydrogen-bond acceptors (Lipinski definition) is 4. The maximum absolute atomic E-state index is 11.4. The summed E-state index contributed by atoms with van der Waals surface area (Å²) in [7, 11) is 1.55. The second kappa shape index (κ2) is 14.3. The van der Waals surface area contributed by atoms with E-state index in [0.717, 1.165) is 16.3 Å². The van der Waals surface area contributed by atoms with E-state index in [0.29, 0.717) is 15.7 Å². The molecule has 0 atom stereocenters. The van der Waals surface area contributed by atoms with Crippen LogP contribution in [0.25, 0.3) is 5.69 Å². The Morgan fingerprint density at radius 2 is 1.55 bits per heavy atom. The highest BCUT2D eigenvalue weighted by Gasteiger charge is 2.08. The zero-order valence-corrected chi connectivity index (χ0v) is 18.1. The summed E-state index contributed by atoms with van der Waals surface area (Å²) >= 11 is 17.5. The molecule has 0 unspecified atom stereocenters. The van der Waals surface area contributed by atoms with Gasteiger partial charge in [-0.3, -0.25) is 4.79 Å². The van der Waals surface area contributed by atoms with Gasteiger partial charge in [0, 0.05) is 34.0 Å². The fraction of sp³-hybridized carbons (Fsp3) is 0.100. The third-order valence-corrected chi connectivity index (χ3v) is 4.12. The SMILES string of the molecule is C=O.C=O.CNC(=O)c1cn(-c2cc(Cl)cc(Cl)c2)cn1.Cc1ccccc1Cl. The molecular formula is C20H20Cl3N3O3. The van der Waals surface area contributed by atoms with E-state index in [1.165, 1.54) is 6.33 Å². The van der Waals surface area contributed by atoms with Gasteiger partial charge in [-0.25, -0.2) is 4.98 Å². The fourth-order valence-corrected chi connectivity index (χ4v) is 2.60. The first kappa shape index (κ1) is 26.3. The van der Waals surface area contributed by atoms with Gasteiger partial charge in [-0.15, -0.1) is 0 Å². The van der Waals surface area contributed by atoms with Gasteiger partial charge in [-0.05, 0) is 36.8 Å². The lowest BCUT2D eigenvalue weighted by molar-refractivity contribution is -0.0987. The molecule has 154 valence electrons. The average molecular weight is 457 g/mol. The summed E-state index contributed by atoms with van der Waals surface area (Å²) in [6.45, 7) is 5.99. The van der Waals surface area contributed by atoms with Crippen LogP contribution >= 0.6 is 34.8 Å². The van der Waals surface area contributed by atoms with E-state index in [1.807, 2.05) is 44.8 Å². The topological polar surface area (TPSA) is 81.1 Å². The van der Waals surface area contributed by atoms with Gasteiger partial charge in [0.25, 0.3) is 5.91 Å². The highest BCUT2D eigenvalue weighted by Crippen LogP contribution is 2.21. The summed E-state index contributed by atoms with van der Waals surface area (Å²) in [6, 6.07) is 12.9. The molecular weight excluding hydrogens is 437 g/mol. The van der Waals surface area contributed by atoms with Crippen molar-refractivity contribution in [1.29, 1.82) is 0 Å². The lowest BCUT2D eigenvalue weighted by Gasteiger charge is -2.03. The van der Waals surface area contributed by atoms with Crippen LogP contribution in [0.3, 0.4) is 0 Å². The lowest BCUT2D eigenvalue weighted by Crippen LogP contribution is -2.17. The monoisotopic (exact) mass is 455 g/mol. The molecule has 3 aromatic rings. The first-order valence-corrected chi connectivity index (χ1v) is 9.05.